The highest BCUT2D eigenvalue weighted by Crippen LogP contribution is 2.36. The van der Waals surface area contributed by atoms with Gasteiger partial charge in [0.1, 0.15) is 0 Å². The Hall–Kier alpha value is -2.07. The Morgan fingerprint density at radius 3 is 3.18 bits per heavy atom. The minimum Gasteiger partial charge on any atom is -0.368 e. The molecule has 0 bridgehead atoms. The van der Waals surface area contributed by atoms with Crippen molar-refractivity contribution in [1.29, 1.82) is 0 Å². The summed E-state index contributed by atoms with van der Waals surface area (Å²) in [5, 5.41) is 17.2. The third-order valence-corrected chi connectivity index (χ3v) is 5.56. The fraction of sp³-hybridized carbons (Fsp3) is 0.250. The quantitative estimate of drug-likeness (QED) is 0.688. The van der Waals surface area contributed by atoms with Crippen molar-refractivity contribution < 1.29 is 0 Å². The van der Waals surface area contributed by atoms with Crippen molar-refractivity contribution in [2.75, 3.05) is 11.5 Å². The molecule has 0 radical (unpaired) electrons. The van der Waals surface area contributed by atoms with Gasteiger partial charge in [-0.3, -0.25) is 4.98 Å². The molecule has 3 aromatic heterocycles. The first-order valence-electron chi connectivity index (χ1n) is 6.60. The van der Waals surface area contributed by atoms with Gasteiger partial charge in [0, 0.05) is 35.5 Å². The van der Waals surface area contributed by atoms with Crippen molar-refractivity contribution in [1.82, 2.24) is 34.9 Å². The second-order valence-corrected chi connectivity index (χ2v) is 6.97. The van der Waals surface area contributed by atoms with Gasteiger partial charge >= 0.3 is 0 Å². The van der Waals surface area contributed by atoms with Crippen molar-refractivity contribution in [2.45, 2.75) is 22.1 Å². The molecule has 0 saturated carbocycles. The van der Waals surface area contributed by atoms with Crippen LogP contribution in [0.4, 0.5) is 5.95 Å². The molecule has 1 atom stereocenters. The van der Waals surface area contributed by atoms with E-state index < -0.39 is 0 Å². The Labute approximate surface area is 134 Å². The Balaban J connectivity index is 1.46. The Morgan fingerprint density at radius 1 is 1.45 bits per heavy atom. The maximum Gasteiger partial charge on any atom is 0.216 e. The van der Waals surface area contributed by atoms with Crippen molar-refractivity contribution in [2.24, 2.45) is 0 Å². The summed E-state index contributed by atoms with van der Waals surface area (Å²) in [5.41, 5.74) is 6.51. The van der Waals surface area contributed by atoms with Gasteiger partial charge in [0.15, 0.2) is 11.0 Å². The van der Waals surface area contributed by atoms with Crippen LogP contribution < -0.4 is 5.73 Å². The fourth-order valence-corrected chi connectivity index (χ4v) is 4.30. The Kier molecular flexibility index (Phi) is 3.47. The van der Waals surface area contributed by atoms with Crippen LogP contribution in [0, 0.1) is 0 Å². The predicted octanol–water partition coefficient (Wildman–Crippen LogP) is 1.31. The van der Waals surface area contributed by atoms with Gasteiger partial charge < -0.3 is 10.3 Å². The maximum absolute atomic E-state index is 5.52. The molecule has 112 valence electrons. The Bertz CT molecular complexity index is 784. The van der Waals surface area contributed by atoms with Gasteiger partial charge in [0.05, 0.1) is 0 Å². The van der Waals surface area contributed by atoms with E-state index in [4.69, 9.17) is 5.73 Å². The molecule has 1 unspecified atom stereocenters. The van der Waals surface area contributed by atoms with E-state index in [0.29, 0.717) is 16.4 Å². The van der Waals surface area contributed by atoms with E-state index in [1.54, 1.807) is 35.9 Å². The molecule has 0 aliphatic carbocycles. The number of nitrogens with zero attached hydrogens (tertiary/aromatic N) is 6. The number of hydrogen-bond donors (Lipinski definition) is 2. The number of thioether (sulfide) groups is 2. The molecule has 0 spiro atoms. The summed E-state index contributed by atoms with van der Waals surface area (Å²) in [6.45, 7) is 0.865. The van der Waals surface area contributed by atoms with Crippen molar-refractivity contribution >= 4 is 29.5 Å². The average Bonchev–Trinajstić information content (AvgIpc) is 3.21. The van der Waals surface area contributed by atoms with E-state index in [0.717, 1.165) is 28.8 Å². The number of nitrogens with one attached hydrogen (secondary N) is 1. The second-order valence-electron chi connectivity index (χ2n) is 4.71. The number of hydrogen-bond acceptors (Lipinski definition) is 8. The topological polar surface area (TPSA) is 111 Å². The average molecular weight is 332 g/mol. The summed E-state index contributed by atoms with van der Waals surface area (Å²) >= 11 is 3.31. The van der Waals surface area contributed by atoms with E-state index in [9.17, 15) is 0 Å². The molecule has 22 heavy (non-hydrogen) atoms. The van der Waals surface area contributed by atoms with Gasteiger partial charge in [-0.05, 0) is 12.1 Å². The van der Waals surface area contributed by atoms with E-state index in [1.807, 2.05) is 12.1 Å². The predicted molar refractivity (Wildman–Crippen MR) is 84.4 cm³/mol. The fourth-order valence-electron chi connectivity index (χ4n) is 2.22. The normalized spacial score (nSPS) is 16.8. The largest absolute Gasteiger partial charge is 0.368 e. The number of aromatic amines is 1. The first kappa shape index (κ1) is 13.6. The number of nitrogens with two attached hydrogens (primary N) is 1. The molecule has 1 aliphatic heterocycles. The summed E-state index contributed by atoms with van der Waals surface area (Å²) < 4.78 is 2.14. The number of anilines is 1. The number of fused-ring (bicyclic) bond motifs is 1. The maximum atomic E-state index is 5.52. The Morgan fingerprint density at radius 2 is 2.41 bits per heavy atom. The first-order valence-corrected chi connectivity index (χ1v) is 8.47. The zero-order valence-electron chi connectivity index (χ0n) is 11.4. The molecule has 8 nitrogen and oxygen atoms in total. The summed E-state index contributed by atoms with van der Waals surface area (Å²) in [6.07, 6.45) is 3.56. The van der Waals surface area contributed by atoms with Crippen LogP contribution >= 0.6 is 23.5 Å². The minimum atomic E-state index is 0.345. The monoisotopic (exact) mass is 332 g/mol. The van der Waals surface area contributed by atoms with E-state index in [2.05, 4.69) is 34.9 Å². The lowest BCUT2D eigenvalue weighted by atomic mass is 10.2. The van der Waals surface area contributed by atoms with Gasteiger partial charge in [-0.25, -0.2) is 5.10 Å². The lowest BCUT2D eigenvalue weighted by Crippen LogP contribution is -2.09. The van der Waals surface area contributed by atoms with Gasteiger partial charge in [-0.15, -0.1) is 15.3 Å². The van der Waals surface area contributed by atoms with Crippen LogP contribution in [-0.4, -0.2) is 45.9 Å². The molecular weight excluding hydrogens is 320 g/mol. The summed E-state index contributed by atoms with van der Waals surface area (Å²) in [4.78, 5) is 8.23. The summed E-state index contributed by atoms with van der Waals surface area (Å²) in [5.74, 6) is 2.10. The zero-order chi connectivity index (χ0) is 14.9. The number of pyridine rings is 1. The molecule has 0 aromatic carbocycles. The molecule has 4 heterocycles. The lowest BCUT2D eigenvalue weighted by Gasteiger charge is -2.06. The van der Waals surface area contributed by atoms with Gasteiger partial charge in [0.25, 0.3) is 0 Å². The molecule has 0 saturated heterocycles. The van der Waals surface area contributed by atoms with Crippen molar-refractivity contribution in [3.05, 3.63) is 24.5 Å². The second kappa shape index (κ2) is 5.61. The van der Waals surface area contributed by atoms with E-state index in [-0.39, 0.29) is 0 Å². The van der Waals surface area contributed by atoms with Gasteiger partial charge in [-0.2, -0.15) is 4.98 Å². The molecule has 3 aromatic rings. The molecule has 3 N–H and O–H groups in total. The van der Waals surface area contributed by atoms with Gasteiger partial charge in [0.2, 0.25) is 11.1 Å². The van der Waals surface area contributed by atoms with Crippen LogP contribution in [0.3, 0.4) is 0 Å². The number of H-pyrrole nitrogens is 1. The lowest BCUT2D eigenvalue weighted by molar-refractivity contribution is 0.677. The zero-order valence-corrected chi connectivity index (χ0v) is 13.0. The van der Waals surface area contributed by atoms with Crippen molar-refractivity contribution in [3.63, 3.8) is 0 Å². The van der Waals surface area contributed by atoms with Gasteiger partial charge in [-0.1, -0.05) is 23.5 Å². The van der Waals surface area contributed by atoms with E-state index >= 15 is 0 Å². The molecule has 4 rings (SSSR count). The highest BCUT2D eigenvalue weighted by Gasteiger charge is 2.27. The third kappa shape index (κ3) is 2.55. The standard InChI is InChI=1S/C12H12N8S2/c13-10-15-11(18-17-10)21-6-8-5-20-9(16-19-12(20)22-8)7-2-1-3-14-4-7/h1-4,8H,5-6H2,(H3,13,15,17,18). The number of aromatic nitrogens is 7. The minimum absolute atomic E-state index is 0.345. The van der Waals surface area contributed by atoms with Crippen molar-refractivity contribution in [3.8, 4) is 11.4 Å². The molecule has 1 aliphatic rings. The van der Waals surface area contributed by atoms with Crippen LogP contribution in [0.15, 0.2) is 34.8 Å². The SMILES string of the molecule is Nc1nc(SCC2Cn3c(nnc3-c3cccnc3)S2)n[nH]1. The third-order valence-electron chi connectivity index (χ3n) is 3.18. The molecule has 0 amide bonds. The number of rotatable bonds is 4. The smallest absolute Gasteiger partial charge is 0.216 e. The summed E-state index contributed by atoms with van der Waals surface area (Å²) in [7, 11) is 0. The number of nitrogen functional groups attached to an aromatic ring is 1. The molecule has 10 heteroatoms. The van der Waals surface area contributed by atoms with Crippen LogP contribution in [0.5, 0.6) is 0 Å². The van der Waals surface area contributed by atoms with Crippen LogP contribution in [0.1, 0.15) is 0 Å². The van der Waals surface area contributed by atoms with Crippen LogP contribution in [0.2, 0.25) is 0 Å². The highest BCUT2D eigenvalue weighted by molar-refractivity contribution is 8.03. The van der Waals surface area contributed by atoms with Crippen LogP contribution in [-0.2, 0) is 6.54 Å². The van der Waals surface area contributed by atoms with E-state index in [1.165, 1.54) is 0 Å². The van der Waals surface area contributed by atoms with Crippen LogP contribution in [0.25, 0.3) is 11.4 Å². The first-order chi connectivity index (χ1) is 10.8. The highest BCUT2D eigenvalue weighted by atomic mass is 32.2. The summed E-state index contributed by atoms with van der Waals surface area (Å²) in [6, 6.07) is 3.90. The molecular formula is C12H12N8S2. The molecule has 0 fully saturated rings.